The summed E-state index contributed by atoms with van der Waals surface area (Å²) in [6, 6.07) is 10.3. The molecule has 0 saturated carbocycles. The first-order chi connectivity index (χ1) is 8.15. The standard InChI is InChI=1S/C13H11F2NO/c1-9-5-6-12(16-8-9)10-3-2-4-11(7-10)17-13(14)15/h2-8,13H,1H3. The van der Waals surface area contributed by atoms with Gasteiger partial charge in [-0.2, -0.15) is 8.78 Å². The number of benzene rings is 1. The number of nitrogens with zero attached hydrogens (tertiary/aromatic N) is 1. The molecule has 0 aliphatic heterocycles. The van der Waals surface area contributed by atoms with Crippen molar-refractivity contribution in [3.05, 3.63) is 48.2 Å². The van der Waals surface area contributed by atoms with E-state index in [2.05, 4.69) is 9.72 Å². The van der Waals surface area contributed by atoms with E-state index >= 15 is 0 Å². The smallest absolute Gasteiger partial charge is 0.387 e. The molecule has 88 valence electrons. The van der Waals surface area contributed by atoms with Crippen LogP contribution in [0, 0.1) is 6.92 Å². The largest absolute Gasteiger partial charge is 0.435 e. The first-order valence-corrected chi connectivity index (χ1v) is 5.13. The molecule has 0 amide bonds. The number of pyridine rings is 1. The van der Waals surface area contributed by atoms with Gasteiger partial charge in [0.25, 0.3) is 0 Å². The van der Waals surface area contributed by atoms with Crippen LogP contribution < -0.4 is 4.74 Å². The SMILES string of the molecule is Cc1ccc(-c2cccc(OC(F)F)c2)nc1. The van der Waals surface area contributed by atoms with Crippen molar-refractivity contribution in [1.29, 1.82) is 0 Å². The number of hydrogen-bond acceptors (Lipinski definition) is 2. The lowest BCUT2D eigenvalue weighted by molar-refractivity contribution is -0.0498. The number of halogens is 2. The third-order valence-corrected chi connectivity index (χ3v) is 2.27. The van der Waals surface area contributed by atoms with E-state index < -0.39 is 6.61 Å². The van der Waals surface area contributed by atoms with Crippen LogP contribution >= 0.6 is 0 Å². The number of aryl methyl sites for hydroxylation is 1. The van der Waals surface area contributed by atoms with E-state index in [1.165, 1.54) is 6.07 Å². The fraction of sp³-hybridized carbons (Fsp3) is 0.154. The number of aromatic nitrogens is 1. The van der Waals surface area contributed by atoms with Crippen LogP contribution in [0.2, 0.25) is 0 Å². The summed E-state index contributed by atoms with van der Waals surface area (Å²) in [5.41, 5.74) is 2.53. The Labute approximate surface area is 97.9 Å². The molecule has 0 fully saturated rings. The van der Waals surface area contributed by atoms with Gasteiger partial charge in [-0.15, -0.1) is 0 Å². The lowest BCUT2D eigenvalue weighted by Gasteiger charge is -2.06. The van der Waals surface area contributed by atoms with Gasteiger partial charge in [-0.25, -0.2) is 0 Å². The molecule has 0 spiro atoms. The van der Waals surface area contributed by atoms with E-state index in [0.29, 0.717) is 0 Å². The highest BCUT2D eigenvalue weighted by Gasteiger charge is 2.06. The molecule has 0 radical (unpaired) electrons. The van der Waals surface area contributed by atoms with Gasteiger partial charge >= 0.3 is 6.61 Å². The van der Waals surface area contributed by atoms with Gasteiger partial charge in [0, 0.05) is 11.8 Å². The summed E-state index contributed by atoms with van der Waals surface area (Å²) in [6.45, 7) is -0.871. The number of hydrogen-bond donors (Lipinski definition) is 0. The fourth-order valence-electron chi connectivity index (χ4n) is 1.47. The van der Waals surface area contributed by atoms with Crippen LogP contribution in [-0.4, -0.2) is 11.6 Å². The molecule has 2 nitrogen and oxygen atoms in total. The highest BCUT2D eigenvalue weighted by Crippen LogP contribution is 2.23. The molecule has 0 saturated heterocycles. The van der Waals surface area contributed by atoms with Crippen molar-refractivity contribution >= 4 is 0 Å². The highest BCUT2D eigenvalue weighted by molar-refractivity contribution is 5.61. The molecule has 0 aliphatic carbocycles. The number of rotatable bonds is 3. The molecule has 17 heavy (non-hydrogen) atoms. The van der Waals surface area contributed by atoms with Crippen LogP contribution in [0.5, 0.6) is 5.75 Å². The lowest BCUT2D eigenvalue weighted by atomic mass is 10.1. The predicted molar refractivity (Wildman–Crippen MR) is 61.0 cm³/mol. The van der Waals surface area contributed by atoms with Gasteiger partial charge in [-0.05, 0) is 30.7 Å². The molecular weight excluding hydrogens is 224 g/mol. The predicted octanol–water partition coefficient (Wildman–Crippen LogP) is 3.66. The summed E-state index contributed by atoms with van der Waals surface area (Å²) in [7, 11) is 0. The maximum absolute atomic E-state index is 12.1. The summed E-state index contributed by atoms with van der Waals surface area (Å²) >= 11 is 0. The zero-order chi connectivity index (χ0) is 12.3. The van der Waals surface area contributed by atoms with Crippen LogP contribution in [0.25, 0.3) is 11.3 Å². The molecule has 2 aromatic rings. The Morgan fingerprint density at radius 2 is 2.00 bits per heavy atom. The van der Waals surface area contributed by atoms with Crippen molar-refractivity contribution in [1.82, 2.24) is 4.98 Å². The highest BCUT2D eigenvalue weighted by atomic mass is 19.3. The average Bonchev–Trinajstić information content (AvgIpc) is 2.29. The molecule has 0 bridgehead atoms. The van der Waals surface area contributed by atoms with Crippen LogP contribution in [-0.2, 0) is 0 Å². The van der Waals surface area contributed by atoms with Crippen LogP contribution in [0.4, 0.5) is 8.78 Å². The quantitative estimate of drug-likeness (QED) is 0.810. The minimum atomic E-state index is -2.81. The molecule has 1 aromatic carbocycles. The number of alkyl halides is 2. The van der Waals surface area contributed by atoms with Crippen LogP contribution in [0.1, 0.15) is 5.56 Å². The Morgan fingerprint density at radius 3 is 2.65 bits per heavy atom. The first-order valence-electron chi connectivity index (χ1n) is 5.13. The fourth-order valence-corrected chi connectivity index (χ4v) is 1.47. The minimum Gasteiger partial charge on any atom is -0.435 e. The van der Waals surface area contributed by atoms with E-state index in [0.717, 1.165) is 16.8 Å². The van der Waals surface area contributed by atoms with Crippen LogP contribution in [0.15, 0.2) is 42.6 Å². The zero-order valence-corrected chi connectivity index (χ0v) is 9.23. The molecular formula is C13H11F2NO. The van der Waals surface area contributed by atoms with Crippen molar-refractivity contribution < 1.29 is 13.5 Å². The molecule has 0 aliphatic rings. The Balaban J connectivity index is 2.29. The van der Waals surface area contributed by atoms with Gasteiger partial charge in [0.05, 0.1) is 5.69 Å². The van der Waals surface area contributed by atoms with Crippen molar-refractivity contribution in [2.45, 2.75) is 13.5 Å². The maximum Gasteiger partial charge on any atom is 0.387 e. The van der Waals surface area contributed by atoms with Crippen molar-refractivity contribution in [2.24, 2.45) is 0 Å². The summed E-state index contributed by atoms with van der Waals surface area (Å²) < 4.78 is 28.5. The Bertz CT molecular complexity index is 497. The summed E-state index contributed by atoms with van der Waals surface area (Å²) in [5.74, 6) is 0.139. The summed E-state index contributed by atoms with van der Waals surface area (Å²) in [4.78, 5) is 4.23. The number of ether oxygens (including phenoxy) is 1. The second-order valence-corrected chi connectivity index (χ2v) is 3.63. The summed E-state index contributed by atoms with van der Waals surface area (Å²) in [6.07, 6.45) is 1.73. The van der Waals surface area contributed by atoms with Crippen molar-refractivity contribution in [3.8, 4) is 17.0 Å². The second kappa shape index (κ2) is 4.91. The monoisotopic (exact) mass is 235 g/mol. The molecule has 2 rings (SSSR count). The third kappa shape index (κ3) is 3.00. The van der Waals surface area contributed by atoms with Gasteiger partial charge in [0.1, 0.15) is 5.75 Å². The van der Waals surface area contributed by atoms with E-state index in [1.54, 1.807) is 24.4 Å². The second-order valence-electron chi connectivity index (χ2n) is 3.63. The molecule has 1 heterocycles. The maximum atomic E-state index is 12.1. The van der Waals surface area contributed by atoms with Crippen molar-refractivity contribution in [3.63, 3.8) is 0 Å². The van der Waals surface area contributed by atoms with Gasteiger partial charge in [0.2, 0.25) is 0 Å². The Kier molecular flexibility index (Phi) is 3.32. The van der Waals surface area contributed by atoms with Gasteiger partial charge in [-0.3, -0.25) is 4.98 Å². The van der Waals surface area contributed by atoms with Gasteiger partial charge in [0.15, 0.2) is 0 Å². The molecule has 4 heteroatoms. The van der Waals surface area contributed by atoms with E-state index in [4.69, 9.17) is 0 Å². The lowest BCUT2D eigenvalue weighted by Crippen LogP contribution is -2.01. The minimum absolute atomic E-state index is 0.139. The van der Waals surface area contributed by atoms with Gasteiger partial charge < -0.3 is 4.74 Å². The van der Waals surface area contributed by atoms with Crippen molar-refractivity contribution in [2.75, 3.05) is 0 Å². The summed E-state index contributed by atoms with van der Waals surface area (Å²) in [5, 5.41) is 0. The normalized spacial score (nSPS) is 10.6. The Hall–Kier alpha value is -1.97. The van der Waals surface area contributed by atoms with E-state index in [9.17, 15) is 8.78 Å². The molecule has 0 unspecified atom stereocenters. The average molecular weight is 235 g/mol. The zero-order valence-electron chi connectivity index (χ0n) is 9.23. The first kappa shape index (κ1) is 11.5. The molecule has 1 aromatic heterocycles. The van der Waals surface area contributed by atoms with Gasteiger partial charge in [-0.1, -0.05) is 18.2 Å². The van der Waals surface area contributed by atoms with E-state index in [-0.39, 0.29) is 5.75 Å². The topological polar surface area (TPSA) is 22.1 Å². The third-order valence-electron chi connectivity index (χ3n) is 2.27. The van der Waals surface area contributed by atoms with E-state index in [1.807, 2.05) is 19.1 Å². The molecule has 0 atom stereocenters. The van der Waals surface area contributed by atoms with Crippen LogP contribution in [0.3, 0.4) is 0 Å². The Morgan fingerprint density at radius 1 is 1.18 bits per heavy atom. The molecule has 0 N–H and O–H groups in total.